The van der Waals surface area contributed by atoms with Gasteiger partial charge in [-0.3, -0.25) is 4.90 Å². The maximum absolute atomic E-state index is 5.99. The quantitative estimate of drug-likeness (QED) is 0.913. The van der Waals surface area contributed by atoms with E-state index in [1.54, 1.807) is 11.3 Å². The van der Waals surface area contributed by atoms with Crippen LogP contribution in [0.15, 0.2) is 15.2 Å². The highest BCUT2D eigenvalue weighted by Crippen LogP contribution is 2.24. The van der Waals surface area contributed by atoms with Gasteiger partial charge >= 0.3 is 0 Å². The summed E-state index contributed by atoms with van der Waals surface area (Å²) in [6, 6.07) is 2.55. The van der Waals surface area contributed by atoms with E-state index < -0.39 is 0 Å². The molecule has 2 atom stereocenters. The summed E-state index contributed by atoms with van der Waals surface area (Å²) in [5, 5.41) is 2.24. The van der Waals surface area contributed by atoms with E-state index in [1.165, 1.54) is 28.7 Å². The molecule has 2 N–H and O–H groups in total. The Morgan fingerprint density at radius 1 is 1.65 bits per heavy atom. The summed E-state index contributed by atoms with van der Waals surface area (Å²) in [7, 11) is 0. The van der Waals surface area contributed by atoms with Crippen LogP contribution in [0.2, 0.25) is 0 Å². The van der Waals surface area contributed by atoms with Crippen molar-refractivity contribution in [3.63, 3.8) is 0 Å². The van der Waals surface area contributed by atoms with E-state index in [4.69, 9.17) is 5.73 Å². The summed E-state index contributed by atoms with van der Waals surface area (Å²) in [5.74, 6) is 0.677. The molecule has 5 heteroatoms. The Hall–Kier alpha value is 0.390. The number of likely N-dealkylation sites (tertiary alicyclic amines) is 1. The summed E-state index contributed by atoms with van der Waals surface area (Å²) in [5.41, 5.74) is 7.41. The zero-order valence-corrected chi connectivity index (χ0v) is 13.3. The molecule has 1 aliphatic rings. The van der Waals surface area contributed by atoms with Crippen molar-refractivity contribution in [3.05, 3.63) is 20.8 Å². The van der Waals surface area contributed by atoms with Crippen LogP contribution in [0.25, 0.3) is 0 Å². The lowest BCUT2D eigenvalue weighted by Crippen LogP contribution is -2.41. The average Bonchev–Trinajstić information content (AvgIpc) is 2.64. The first-order chi connectivity index (χ1) is 7.65. The minimum Gasteiger partial charge on any atom is -0.328 e. The van der Waals surface area contributed by atoms with Crippen molar-refractivity contribution in [2.45, 2.75) is 32.4 Å². The van der Waals surface area contributed by atoms with Crippen LogP contribution in [-0.4, -0.2) is 24.0 Å². The number of nitrogens with zero attached hydrogens (tertiary/aromatic N) is 1. The van der Waals surface area contributed by atoms with E-state index >= 15 is 0 Å². The minimum absolute atomic E-state index is 0. The van der Waals surface area contributed by atoms with Gasteiger partial charge in [-0.15, -0.1) is 23.7 Å². The van der Waals surface area contributed by atoms with Crippen LogP contribution in [0.4, 0.5) is 0 Å². The minimum atomic E-state index is 0. The van der Waals surface area contributed by atoms with E-state index in [1.807, 2.05) is 0 Å². The molecule has 17 heavy (non-hydrogen) atoms. The smallest absolute Gasteiger partial charge is 0.0701 e. The van der Waals surface area contributed by atoms with Gasteiger partial charge in [-0.1, -0.05) is 0 Å². The Morgan fingerprint density at radius 2 is 2.41 bits per heavy atom. The standard InChI is InChI=1S/C12H19BrN2S.ClH/c1-9(14)11-3-2-4-15(7-11)6-10-5-12(13)16-8-10;/h5,8-9,11H,2-4,6-7,14H2,1H3;1H. The van der Waals surface area contributed by atoms with Gasteiger partial charge < -0.3 is 5.73 Å². The van der Waals surface area contributed by atoms with Crippen LogP contribution in [-0.2, 0) is 6.54 Å². The Balaban J connectivity index is 0.00000144. The fraction of sp³-hybridized carbons (Fsp3) is 0.667. The van der Waals surface area contributed by atoms with Crippen molar-refractivity contribution in [2.24, 2.45) is 11.7 Å². The topological polar surface area (TPSA) is 29.3 Å². The summed E-state index contributed by atoms with van der Waals surface area (Å²) in [4.78, 5) is 2.53. The largest absolute Gasteiger partial charge is 0.328 e. The third kappa shape index (κ3) is 4.52. The molecule has 1 aliphatic heterocycles. The van der Waals surface area contributed by atoms with Crippen LogP contribution in [0.5, 0.6) is 0 Å². The SMILES string of the molecule is CC(N)C1CCCN(Cc2csc(Br)c2)C1.Cl. The predicted molar refractivity (Wildman–Crippen MR) is 80.9 cm³/mol. The summed E-state index contributed by atoms with van der Waals surface area (Å²) in [6.07, 6.45) is 2.58. The lowest BCUT2D eigenvalue weighted by Gasteiger charge is -2.34. The third-order valence-corrected chi connectivity index (χ3v) is 4.87. The highest BCUT2D eigenvalue weighted by molar-refractivity contribution is 9.11. The van der Waals surface area contributed by atoms with E-state index in [9.17, 15) is 0 Å². The molecule has 2 rings (SSSR count). The summed E-state index contributed by atoms with van der Waals surface area (Å²) in [6.45, 7) is 5.59. The molecule has 98 valence electrons. The summed E-state index contributed by atoms with van der Waals surface area (Å²) >= 11 is 5.28. The molecule has 0 aromatic carbocycles. The molecule has 0 bridgehead atoms. The first kappa shape index (κ1) is 15.4. The summed E-state index contributed by atoms with van der Waals surface area (Å²) < 4.78 is 1.23. The van der Waals surface area contributed by atoms with Gasteiger partial charge in [-0.05, 0) is 65.2 Å². The fourth-order valence-electron chi connectivity index (χ4n) is 2.35. The van der Waals surface area contributed by atoms with Crippen molar-refractivity contribution < 1.29 is 0 Å². The van der Waals surface area contributed by atoms with E-state index in [2.05, 4.69) is 39.2 Å². The van der Waals surface area contributed by atoms with Crippen molar-refractivity contribution in [1.29, 1.82) is 0 Å². The van der Waals surface area contributed by atoms with Gasteiger partial charge in [0.25, 0.3) is 0 Å². The monoisotopic (exact) mass is 338 g/mol. The third-order valence-electron chi connectivity index (χ3n) is 3.31. The first-order valence-corrected chi connectivity index (χ1v) is 7.53. The lowest BCUT2D eigenvalue weighted by molar-refractivity contribution is 0.154. The van der Waals surface area contributed by atoms with Crippen LogP contribution in [0.3, 0.4) is 0 Å². The Morgan fingerprint density at radius 3 is 3.00 bits per heavy atom. The molecule has 1 saturated heterocycles. The van der Waals surface area contributed by atoms with Gasteiger partial charge in [0.05, 0.1) is 3.79 Å². The average molecular weight is 340 g/mol. The number of halogens is 2. The van der Waals surface area contributed by atoms with Crippen LogP contribution < -0.4 is 5.73 Å². The molecule has 0 spiro atoms. The maximum atomic E-state index is 5.99. The van der Waals surface area contributed by atoms with Gasteiger partial charge in [0.2, 0.25) is 0 Å². The molecule has 1 fully saturated rings. The van der Waals surface area contributed by atoms with E-state index in [0.717, 1.165) is 13.1 Å². The maximum Gasteiger partial charge on any atom is 0.0701 e. The van der Waals surface area contributed by atoms with Gasteiger partial charge in [0, 0.05) is 19.1 Å². The number of piperidine rings is 1. The second kappa shape index (κ2) is 7.10. The number of thiophene rings is 1. The Labute approximate surface area is 122 Å². The zero-order valence-electron chi connectivity index (χ0n) is 10.1. The number of rotatable bonds is 3. The van der Waals surface area contributed by atoms with Crippen molar-refractivity contribution in [1.82, 2.24) is 4.90 Å². The Kier molecular flexibility index (Phi) is 6.45. The molecular formula is C12H20BrClN2S. The number of hydrogen-bond acceptors (Lipinski definition) is 3. The molecule has 2 heterocycles. The van der Waals surface area contributed by atoms with E-state index in [0.29, 0.717) is 12.0 Å². The molecule has 1 aromatic heterocycles. The number of hydrogen-bond donors (Lipinski definition) is 1. The number of nitrogens with two attached hydrogens (primary N) is 1. The second-order valence-electron chi connectivity index (χ2n) is 4.76. The van der Waals surface area contributed by atoms with Crippen molar-refractivity contribution >= 4 is 39.7 Å². The van der Waals surface area contributed by atoms with Crippen LogP contribution in [0.1, 0.15) is 25.3 Å². The fourth-order valence-corrected chi connectivity index (χ4v) is 3.55. The predicted octanol–water partition coefficient (Wildman–Crippen LogP) is 3.49. The first-order valence-electron chi connectivity index (χ1n) is 5.86. The second-order valence-corrected chi connectivity index (χ2v) is 7.05. The lowest BCUT2D eigenvalue weighted by atomic mass is 9.92. The highest BCUT2D eigenvalue weighted by Gasteiger charge is 2.22. The molecule has 1 aromatic rings. The molecule has 0 saturated carbocycles. The zero-order chi connectivity index (χ0) is 11.5. The van der Waals surface area contributed by atoms with Crippen LogP contribution >= 0.6 is 39.7 Å². The van der Waals surface area contributed by atoms with Crippen molar-refractivity contribution in [2.75, 3.05) is 13.1 Å². The van der Waals surface area contributed by atoms with Gasteiger partial charge in [-0.2, -0.15) is 0 Å². The normalized spacial score (nSPS) is 23.1. The van der Waals surface area contributed by atoms with Gasteiger partial charge in [-0.25, -0.2) is 0 Å². The molecule has 2 unspecified atom stereocenters. The van der Waals surface area contributed by atoms with Gasteiger partial charge in [0.15, 0.2) is 0 Å². The molecule has 0 radical (unpaired) electrons. The van der Waals surface area contributed by atoms with Crippen molar-refractivity contribution in [3.8, 4) is 0 Å². The molecular weight excluding hydrogens is 320 g/mol. The molecule has 0 aliphatic carbocycles. The Bertz CT molecular complexity index is 343. The molecule has 0 amide bonds. The van der Waals surface area contributed by atoms with Gasteiger partial charge in [0.1, 0.15) is 0 Å². The van der Waals surface area contributed by atoms with Crippen LogP contribution in [0, 0.1) is 5.92 Å². The molecule has 2 nitrogen and oxygen atoms in total. The highest BCUT2D eigenvalue weighted by atomic mass is 79.9. The van der Waals surface area contributed by atoms with E-state index in [-0.39, 0.29) is 12.4 Å².